The fourth-order valence-corrected chi connectivity index (χ4v) is 2.99. The minimum absolute atomic E-state index is 0.168. The van der Waals surface area contributed by atoms with E-state index in [1.165, 1.54) is 18.2 Å². The predicted molar refractivity (Wildman–Crippen MR) is 83.5 cm³/mol. The number of sulfone groups is 1. The molecule has 0 aliphatic rings. The van der Waals surface area contributed by atoms with Crippen LogP contribution in [0.15, 0.2) is 47.4 Å². The van der Waals surface area contributed by atoms with E-state index in [1.807, 2.05) is 13.0 Å². The minimum Gasteiger partial charge on any atom is -0.321 e. The first-order chi connectivity index (χ1) is 10.7. The predicted octanol–water partition coefficient (Wildman–Crippen LogP) is 3.55. The fourth-order valence-electron chi connectivity index (χ4n) is 2.10. The summed E-state index contributed by atoms with van der Waals surface area (Å²) >= 11 is 0. The van der Waals surface area contributed by atoms with Crippen molar-refractivity contribution in [2.24, 2.45) is 0 Å². The number of rotatable bonds is 4. The second-order valence-electron chi connectivity index (χ2n) is 5.00. The van der Waals surface area contributed by atoms with Crippen molar-refractivity contribution >= 4 is 21.4 Å². The molecule has 1 N–H and O–H groups in total. The molecular formula is C16H15F2NO3S. The molecule has 0 heterocycles. The second kappa shape index (κ2) is 6.45. The number of carbonyl (C=O) groups is 1. The SMILES string of the molecule is Cc1cccc(C(=O)Nc2ccccc2S(=O)(=O)C(F)F)c1C. The van der Waals surface area contributed by atoms with Crippen LogP contribution in [-0.2, 0) is 9.84 Å². The molecular weight excluding hydrogens is 324 g/mol. The van der Waals surface area contributed by atoms with E-state index >= 15 is 0 Å². The van der Waals surface area contributed by atoms with E-state index in [0.717, 1.165) is 17.2 Å². The van der Waals surface area contributed by atoms with Crippen LogP contribution in [0.2, 0.25) is 0 Å². The van der Waals surface area contributed by atoms with Crippen LogP contribution >= 0.6 is 0 Å². The topological polar surface area (TPSA) is 63.2 Å². The summed E-state index contributed by atoms with van der Waals surface area (Å²) in [6.07, 6.45) is 0. The molecule has 23 heavy (non-hydrogen) atoms. The van der Waals surface area contributed by atoms with Crippen molar-refractivity contribution in [3.8, 4) is 0 Å². The first-order valence-electron chi connectivity index (χ1n) is 6.74. The van der Waals surface area contributed by atoms with E-state index in [1.54, 1.807) is 19.1 Å². The maximum absolute atomic E-state index is 12.8. The van der Waals surface area contributed by atoms with E-state index in [-0.39, 0.29) is 5.69 Å². The molecule has 2 aromatic rings. The van der Waals surface area contributed by atoms with Gasteiger partial charge in [-0.2, -0.15) is 8.78 Å². The third-order valence-corrected chi connectivity index (χ3v) is 4.96. The van der Waals surface area contributed by atoms with Gasteiger partial charge >= 0.3 is 5.76 Å². The van der Waals surface area contributed by atoms with Crippen molar-refractivity contribution in [2.75, 3.05) is 5.32 Å². The minimum atomic E-state index is -4.80. The Morgan fingerprint density at radius 2 is 1.70 bits per heavy atom. The Balaban J connectivity index is 2.42. The maximum Gasteiger partial charge on any atom is 0.341 e. The van der Waals surface area contributed by atoms with Gasteiger partial charge in [0.2, 0.25) is 9.84 Å². The van der Waals surface area contributed by atoms with E-state index in [2.05, 4.69) is 5.32 Å². The van der Waals surface area contributed by atoms with Gasteiger partial charge in [-0.3, -0.25) is 4.79 Å². The molecule has 0 saturated heterocycles. The lowest BCUT2D eigenvalue weighted by Crippen LogP contribution is -2.18. The van der Waals surface area contributed by atoms with E-state index in [9.17, 15) is 22.0 Å². The van der Waals surface area contributed by atoms with Crippen LogP contribution in [0.5, 0.6) is 0 Å². The average molecular weight is 339 g/mol. The van der Waals surface area contributed by atoms with E-state index in [4.69, 9.17) is 0 Å². The van der Waals surface area contributed by atoms with Crippen molar-refractivity contribution in [3.63, 3.8) is 0 Å². The van der Waals surface area contributed by atoms with Gasteiger partial charge in [0, 0.05) is 5.56 Å². The normalized spacial score (nSPS) is 11.5. The molecule has 122 valence electrons. The van der Waals surface area contributed by atoms with Gasteiger partial charge in [-0.25, -0.2) is 8.42 Å². The smallest absolute Gasteiger partial charge is 0.321 e. The summed E-state index contributed by atoms with van der Waals surface area (Å²) in [5.74, 6) is -4.11. The Morgan fingerprint density at radius 1 is 1.04 bits per heavy atom. The number of hydrogen-bond donors (Lipinski definition) is 1. The lowest BCUT2D eigenvalue weighted by atomic mass is 10.0. The van der Waals surface area contributed by atoms with Gasteiger partial charge in [-0.05, 0) is 43.2 Å². The second-order valence-corrected chi connectivity index (χ2v) is 6.89. The molecule has 0 aromatic heterocycles. The highest BCUT2D eigenvalue weighted by Crippen LogP contribution is 2.27. The first-order valence-corrected chi connectivity index (χ1v) is 8.28. The Bertz CT molecular complexity index is 848. The zero-order chi connectivity index (χ0) is 17.2. The molecule has 4 nitrogen and oxygen atoms in total. The molecule has 0 aliphatic carbocycles. The van der Waals surface area contributed by atoms with Gasteiger partial charge in [0.15, 0.2) is 0 Å². The summed E-state index contributed by atoms with van der Waals surface area (Å²) in [6, 6.07) is 10.2. The van der Waals surface area contributed by atoms with Crippen LogP contribution in [0, 0.1) is 13.8 Å². The molecule has 0 aliphatic heterocycles. The highest BCUT2D eigenvalue weighted by molar-refractivity contribution is 7.91. The Hall–Kier alpha value is -2.28. The number of halogens is 2. The van der Waals surface area contributed by atoms with Crippen molar-refractivity contribution in [1.29, 1.82) is 0 Å². The van der Waals surface area contributed by atoms with Gasteiger partial charge in [-0.1, -0.05) is 24.3 Å². The third kappa shape index (κ3) is 3.39. The third-order valence-electron chi connectivity index (χ3n) is 3.53. The summed E-state index contributed by atoms with van der Waals surface area (Å²) in [7, 11) is -4.80. The monoisotopic (exact) mass is 339 g/mol. The molecule has 2 aromatic carbocycles. The molecule has 0 atom stereocenters. The highest BCUT2D eigenvalue weighted by Gasteiger charge is 2.29. The molecule has 1 amide bonds. The van der Waals surface area contributed by atoms with Gasteiger partial charge in [0.1, 0.15) is 0 Å². The summed E-state index contributed by atoms with van der Waals surface area (Å²) in [5, 5.41) is 2.40. The van der Waals surface area contributed by atoms with Crippen LogP contribution in [-0.4, -0.2) is 20.1 Å². The van der Waals surface area contributed by atoms with Crippen molar-refractivity contribution in [3.05, 3.63) is 59.2 Å². The number of hydrogen-bond acceptors (Lipinski definition) is 3. The summed E-state index contributed by atoms with van der Waals surface area (Å²) < 4.78 is 48.9. The number of aryl methyl sites for hydroxylation is 1. The quantitative estimate of drug-likeness (QED) is 0.926. The van der Waals surface area contributed by atoms with Crippen LogP contribution in [0.1, 0.15) is 21.5 Å². The molecule has 0 fully saturated rings. The lowest BCUT2D eigenvalue weighted by molar-refractivity contribution is 0.102. The number of anilines is 1. The van der Waals surface area contributed by atoms with Crippen LogP contribution < -0.4 is 5.32 Å². The van der Waals surface area contributed by atoms with E-state index in [0.29, 0.717) is 5.56 Å². The Morgan fingerprint density at radius 3 is 2.35 bits per heavy atom. The summed E-state index contributed by atoms with van der Waals surface area (Å²) in [5.41, 5.74) is 1.82. The lowest BCUT2D eigenvalue weighted by Gasteiger charge is -2.13. The van der Waals surface area contributed by atoms with Gasteiger partial charge in [-0.15, -0.1) is 0 Å². The summed E-state index contributed by atoms with van der Waals surface area (Å²) in [4.78, 5) is 11.7. The first kappa shape index (κ1) is 17.1. The molecule has 0 radical (unpaired) electrons. The van der Waals surface area contributed by atoms with Crippen molar-refractivity contribution in [2.45, 2.75) is 24.5 Å². The number of carbonyl (C=O) groups excluding carboxylic acids is 1. The van der Waals surface area contributed by atoms with Crippen molar-refractivity contribution < 1.29 is 22.0 Å². The Labute approximate surface area is 133 Å². The molecule has 0 spiro atoms. The van der Waals surface area contributed by atoms with Crippen molar-refractivity contribution in [1.82, 2.24) is 0 Å². The van der Waals surface area contributed by atoms with Crippen LogP contribution in [0.4, 0.5) is 14.5 Å². The highest BCUT2D eigenvalue weighted by atomic mass is 32.2. The van der Waals surface area contributed by atoms with Gasteiger partial charge in [0.25, 0.3) is 5.91 Å². The molecule has 0 unspecified atom stereocenters. The molecule has 2 rings (SSSR count). The van der Waals surface area contributed by atoms with E-state index < -0.39 is 26.4 Å². The van der Waals surface area contributed by atoms with Gasteiger partial charge in [0.05, 0.1) is 10.6 Å². The summed E-state index contributed by atoms with van der Waals surface area (Å²) in [6.45, 7) is 3.59. The largest absolute Gasteiger partial charge is 0.341 e. The van der Waals surface area contributed by atoms with Crippen LogP contribution in [0.3, 0.4) is 0 Å². The number of alkyl halides is 2. The maximum atomic E-state index is 12.8. The number of amides is 1. The average Bonchev–Trinajstić information content (AvgIpc) is 2.50. The number of para-hydroxylation sites is 1. The Kier molecular flexibility index (Phi) is 4.79. The zero-order valence-electron chi connectivity index (χ0n) is 12.5. The van der Waals surface area contributed by atoms with Crippen LogP contribution in [0.25, 0.3) is 0 Å². The fraction of sp³-hybridized carbons (Fsp3) is 0.188. The zero-order valence-corrected chi connectivity index (χ0v) is 13.3. The number of benzene rings is 2. The molecule has 7 heteroatoms. The number of nitrogens with one attached hydrogen (secondary N) is 1. The van der Waals surface area contributed by atoms with Gasteiger partial charge < -0.3 is 5.32 Å². The standard InChI is InChI=1S/C16H15F2NO3S/c1-10-6-5-7-12(11(10)2)15(20)19-13-8-3-4-9-14(13)23(21,22)16(17)18/h3-9,16H,1-2H3,(H,19,20). The molecule has 0 saturated carbocycles. The molecule has 0 bridgehead atoms.